The first kappa shape index (κ1) is 56.3. The van der Waals surface area contributed by atoms with Crippen molar-refractivity contribution >= 4 is 62.7 Å². The van der Waals surface area contributed by atoms with Crippen LogP contribution < -0.4 is 43.4 Å². The third-order valence-electron chi connectivity index (χ3n) is 9.61. The van der Waals surface area contributed by atoms with Crippen LogP contribution in [0.3, 0.4) is 0 Å². The van der Waals surface area contributed by atoms with Crippen molar-refractivity contribution in [3.05, 3.63) is 29.8 Å². The Bertz CT molecular complexity index is 1550. The molecule has 1 aliphatic heterocycles. The number of ether oxygens (including phenoxy) is 4. The molecular formula is C42H70N8O12S2. The Hall–Kier alpha value is -3.87. The Morgan fingerprint density at radius 1 is 0.781 bits per heavy atom. The van der Waals surface area contributed by atoms with E-state index in [9.17, 15) is 38.7 Å². The Balaban J connectivity index is 1.57. The van der Waals surface area contributed by atoms with E-state index in [2.05, 4.69) is 38.8 Å². The van der Waals surface area contributed by atoms with Crippen LogP contribution in [0.25, 0.3) is 0 Å². The lowest BCUT2D eigenvalue weighted by Gasteiger charge is -2.24. The normalized spacial score (nSPS) is 17.6. The van der Waals surface area contributed by atoms with Crippen molar-refractivity contribution in [3.63, 3.8) is 0 Å². The molecule has 1 heterocycles. The Kier molecular flexibility index (Phi) is 31.1. The number of phenols is 1. The van der Waals surface area contributed by atoms with E-state index < -0.39 is 36.0 Å². The molecular weight excluding hydrogens is 873 g/mol. The topological polar surface area (TPSA) is 301 Å². The number of nitrogens with two attached hydrogens (primary N) is 2. The Labute approximate surface area is 384 Å². The molecule has 0 saturated carbocycles. The highest BCUT2D eigenvalue weighted by Gasteiger charge is 2.28. The second kappa shape index (κ2) is 35.4. The minimum absolute atomic E-state index is 0.0270. The van der Waals surface area contributed by atoms with Gasteiger partial charge in [-0.15, -0.1) is 0 Å². The Morgan fingerprint density at radius 2 is 1.39 bits per heavy atom. The summed E-state index contributed by atoms with van der Waals surface area (Å²) in [7, 11) is 2.67. The van der Waals surface area contributed by atoms with E-state index in [0.29, 0.717) is 45.6 Å². The quantitative estimate of drug-likeness (QED) is 0.0309. The van der Waals surface area contributed by atoms with Gasteiger partial charge in [-0.05, 0) is 49.8 Å². The van der Waals surface area contributed by atoms with Crippen LogP contribution in [-0.2, 0) is 58.9 Å². The molecule has 1 aliphatic rings. The first-order chi connectivity index (χ1) is 30.9. The predicted octanol–water partition coefficient (Wildman–Crippen LogP) is -0.763. The second-order valence-corrected chi connectivity index (χ2v) is 17.5. The maximum atomic E-state index is 13.3. The number of carbonyl (C=O) groups is 7. The van der Waals surface area contributed by atoms with E-state index in [1.54, 1.807) is 12.1 Å². The number of unbranched alkanes of at least 4 members (excludes halogenated alkanes) is 4. The molecule has 22 heteroatoms. The highest BCUT2D eigenvalue weighted by atomic mass is 33.1. The van der Waals surface area contributed by atoms with Crippen LogP contribution in [0.15, 0.2) is 24.3 Å². The smallest absolute Gasteiger partial charge is 0.246 e. The molecule has 0 bridgehead atoms. The second-order valence-electron chi connectivity index (χ2n) is 15.0. The van der Waals surface area contributed by atoms with Crippen LogP contribution in [-0.4, -0.2) is 167 Å². The van der Waals surface area contributed by atoms with Crippen LogP contribution in [0, 0.1) is 0 Å². The highest BCUT2D eigenvalue weighted by Crippen LogP contribution is 2.23. The van der Waals surface area contributed by atoms with Crippen LogP contribution >= 0.6 is 21.6 Å². The number of nitrogens with one attached hydrogen (secondary N) is 6. The third kappa shape index (κ3) is 27.5. The van der Waals surface area contributed by atoms with Crippen molar-refractivity contribution in [2.75, 3.05) is 97.1 Å². The Morgan fingerprint density at radius 3 is 2.03 bits per heavy atom. The number of rotatable bonds is 33. The zero-order valence-electron chi connectivity index (χ0n) is 37.0. The summed E-state index contributed by atoms with van der Waals surface area (Å²) in [5.74, 6) is -1.68. The van der Waals surface area contributed by atoms with Gasteiger partial charge in [0.2, 0.25) is 29.5 Å². The van der Waals surface area contributed by atoms with Gasteiger partial charge < -0.3 is 56.8 Å². The molecule has 1 aromatic rings. The third-order valence-corrected chi connectivity index (χ3v) is 12.1. The van der Waals surface area contributed by atoms with Crippen molar-refractivity contribution in [1.29, 1.82) is 0 Å². The monoisotopic (exact) mass is 942 g/mol. The van der Waals surface area contributed by atoms with E-state index in [1.807, 2.05) is 0 Å². The SMILES string of the molecule is CCCCCCC(=O)NCCOCCOCC(=O)NCCOCCOCC(=O)NCCCC[C@@H]1NC(=O)[C@@H](N)CSSC[C@@H](C(=O)CN[C@@H](Cc2ccc(O)cc2)C(N)=O)NCC1=O. The summed E-state index contributed by atoms with van der Waals surface area (Å²) in [6, 6.07) is 2.98. The van der Waals surface area contributed by atoms with Crippen LogP contribution in [0.1, 0.15) is 63.9 Å². The molecule has 0 unspecified atom stereocenters. The van der Waals surface area contributed by atoms with Gasteiger partial charge in [-0.1, -0.05) is 59.9 Å². The highest BCUT2D eigenvalue weighted by molar-refractivity contribution is 8.76. The van der Waals surface area contributed by atoms with E-state index in [1.165, 1.54) is 33.7 Å². The molecule has 2 rings (SSSR count). The van der Waals surface area contributed by atoms with Crippen LogP contribution in [0.4, 0.5) is 0 Å². The average Bonchev–Trinajstić information content (AvgIpc) is 3.27. The molecule has 0 aromatic heterocycles. The molecule has 362 valence electrons. The largest absolute Gasteiger partial charge is 0.508 e. The number of benzene rings is 1. The predicted molar refractivity (Wildman–Crippen MR) is 244 cm³/mol. The van der Waals surface area contributed by atoms with Crippen molar-refractivity contribution < 1.29 is 57.6 Å². The number of primary amides is 1. The van der Waals surface area contributed by atoms with Crippen LogP contribution in [0.2, 0.25) is 0 Å². The maximum absolute atomic E-state index is 13.3. The molecule has 5 amide bonds. The fourth-order valence-electron chi connectivity index (χ4n) is 5.91. The van der Waals surface area contributed by atoms with Gasteiger partial charge in [0, 0.05) is 37.6 Å². The lowest BCUT2D eigenvalue weighted by Crippen LogP contribution is -2.54. The lowest BCUT2D eigenvalue weighted by atomic mass is 10.0. The van der Waals surface area contributed by atoms with Crippen LogP contribution in [0.5, 0.6) is 5.75 Å². The van der Waals surface area contributed by atoms with E-state index >= 15 is 0 Å². The summed E-state index contributed by atoms with van der Waals surface area (Å²) in [6.45, 7) is 4.03. The first-order valence-electron chi connectivity index (χ1n) is 21.9. The van der Waals surface area contributed by atoms with Crippen molar-refractivity contribution in [1.82, 2.24) is 31.9 Å². The number of hydrogen-bond acceptors (Lipinski definition) is 17. The summed E-state index contributed by atoms with van der Waals surface area (Å²) >= 11 is 0. The number of hydrogen-bond donors (Lipinski definition) is 9. The van der Waals surface area contributed by atoms with Gasteiger partial charge in [0.1, 0.15) is 19.0 Å². The fraction of sp³-hybridized carbons (Fsp3) is 0.690. The van der Waals surface area contributed by atoms with E-state index in [0.717, 1.165) is 31.2 Å². The van der Waals surface area contributed by atoms with Gasteiger partial charge in [0.15, 0.2) is 11.6 Å². The molecule has 64 heavy (non-hydrogen) atoms. The molecule has 0 aliphatic carbocycles. The number of phenolic OH excluding ortho intramolecular Hbond substituents is 1. The first-order valence-corrected chi connectivity index (χ1v) is 24.4. The van der Waals surface area contributed by atoms with Crippen molar-refractivity contribution in [2.45, 2.75) is 88.9 Å². The number of aromatic hydroxyl groups is 1. The molecule has 1 saturated heterocycles. The molecule has 0 radical (unpaired) electrons. The summed E-state index contributed by atoms with van der Waals surface area (Å²) in [4.78, 5) is 87.4. The summed E-state index contributed by atoms with van der Waals surface area (Å²) in [6.07, 6.45) is 6.25. The van der Waals surface area contributed by atoms with Crippen molar-refractivity contribution in [2.24, 2.45) is 11.5 Å². The summed E-state index contributed by atoms with van der Waals surface area (Å²) in [5.41, 5.74) is 12.4. The molecule has 0 spiro atoms. The number of carbonyl (C=O) groups excluding carboxylic acids is 7. The minimum Gasteiger partial charge on any atom is -0.508 e. The molecule has 1 fully saturated rings. The summed E-state index contributed by atoms with van der Waals surface area (Å²) < 4.78 is 21.5. The standard InChI is InChI=1S/C42H70N8O12S2/c1-2-3-4-5-9-38(54)46-15-17-59-19-22-62-27-40(56)47-16-18-60-20-21-61-26-39(55)45-14-7-6-8-33-36(52)24-49-35(29-64-63-28-32(43)42(58)50-33)37(53)25-48-34(41(44)57)23-30-10-12-31(51)13-11-30/h10-13,32-35,48-49,51H,2-9,14-29,43H2,1H3,(H2,44,57)(H,45,55)(H,46,54)(H,47,56)(H,50,58)/t32-,33-,34-,35-/m0/s1. The fourth-order valence-corrected chi connectivity index (χ4v) is 8.26. The molecule has 20 nitrogen and oxygen atoms in total. The molecule has 11 N–H and O–H groups in total. The van der Waals surface area contributed by atoms with Gasteiger partial charge in [-0.3, -0.25) is 44.2 Å². The molecule has 4 atom stereocenters. The van der Waals surface area contributed by atoms with Gasteiger partial charge >= 0.3 is 0 Å². The van der Waals surface area contributed by atoms with Gasteiger partial charge in [0.05, 0.1) is 76.9 Å². The average molecular weight is 943 g/mol. The number of ketones is 2. The van der Waals surface area contributed by atoms with Gasteiger partial charge in [-0.25, -0.2) is 0 Å². The van der Waals surface area contributed by atoms with E-state index in [-0.39, 0.29) is 119 Å². The lowest BCUT2D eigenvalue weighted by molar-refractivity contribution is -0.128. The van der Waals surface area contributed by atoms with E-state index in [4.69, 9.17) is 30.4 Å². The number of amides is 5. The molecule has 1 aromatic carbocycles. The zero-order chi connectivity index (χ0) is 46.8. The minimum atomic E-state index is -0.871. The maximum Gasteiger partial charge on any atom is 0.246 e. The number of Topliss-reactive ketones (excluding diaryl/α,β-unsaturated/α-hetero) is 2. The van der Waals surface area contributed by atoms with Crippen molar-refractivity contribution in [3.8, 4) is 5.75 Å². The zero-order valence-corrected chi connectivity index (χ0v) is 38.6. The van der Waals surface area contributed by atoms with Gasteiger partial charge in [-0.2, -0.15) is 0 Å². The van der Waals surface area contributed by atoms with Gasteiger partial charge in [0.25, 0.3) is 0 Å². The summed E-state index contributed by atoms with van der Waals surface area (Å²) in [5, 5.41) is 26.5.